The maximum absolute atomic E-state index is 12.1. The van der Waals surface area contributed by atoms with E-state index in [1.165, 1.54) is 17.3 Å². The molecule has 4 rings (SSSR count). The maximum atomic E-state index is 12.1. The molecule has 1 amide bonds. The fourth-order valence-electron chi connectivity index (χ4n) is 2.85. The van der Waals surface area contributed by atoms with Crippen LogP contribution in [-0.2, 0) is 11.3 Å². The van der Waals surface area contributed by atoms with E-state index in [2.05, 4.69) is 20.6 Å². The lowest BCUT2D eigenvalue weighted by Gasteiger charge is -2.06. The quantitative estimate of drug-likeness (QED) is 0.461. The zero-order valence-corrected chi connectivity index (χ0v) is 17.3. The summed E-state index contributed by atoms with van der Waals surface area (Å²) in [6.45, 7) is 2.57. The third-order valence-corrected chi connectivity index (χ3v) is 5.45. The number of aryl methyl sites for hydroxylation is 1. The van der Waals surface area contributed by atoms with E-state index in [-0.39, 0.29) is 5.91 Å². The average Bonchev–Trinajstić information content (AvgIpc) is 3.33. The van der Waals surface area contributed by atoms with Gasteiger partial charge in [-0.05, 0) is 42.8 Å². The van der Waals surface area contributed by atoms with Gasteiger partial charge in [-0.2, -0.15) is 5.10 Å². The van der Waals surface area contributed by atoms with Crippen molar-refractivity contribution in [2.45, 2.75) is 18.5 Å². The predicted molar refractivity (Wildman–Crippen MR) is 118 cm³/mol. The molecule has 30 heavy (non-hydrogen) atoms. The van der Waals surface area contributed by atoms with Crippen molar-refractivity contribution in [3.63, 3.8) is 0 Å². The summed E-state index contributed by atoms with van der Waals surface area (Å²) in [7, 11) is 0. The minimum absolute atomic E-state index is 0.0272. The minimum atomic E-state index is -0.0272. The van der Waals surface area contributed by atoms with Crippen molar-refractivity contribution in [3.8, 4) is 16.9 Å². The lowest BCUT2D eigenvalue weighted by molar-refractivity contribution is -0.118. The first-order valence-electron chi connectivity index (χ1n) is 9.56. The minimum Gasteiger partial charge on any atom is -0.351 e. The van der Waals surface area contributed by atoms with Crippen molar-refractivity contribution < 1.29 is 4.79 Å². The molecule has 2 aromatic carbocycles. The summed E-state index contributed by atoms with van der Waals surface area (Å²) < 4.78 is 1.80. The molecule has 0 radical (unpaired) electrons. The average molecular weight is 416 g/mol. The van der Waals surface area contributed by atoms with Crippen LogP contribution in [0.3, 0.4) is 0 Å². The molecule has 0 fully saturated rings. The van der Waals surface area contributed by atoms with E-state index in [0.29, 0.717) is 12.3 Å². The second-order valence-electron chi connectivity index (χ2n) is 6.81. The number of hydrogen-bond donors (Lipinski definition) is 1. The number of hydrogen-bond acceptors (Lipinski definition) is 5. The Kier molecular flexibility index (Phi) is 6.20. The number of nitrogens with zero attached hydrogens (tertiary/aromatic N) is 4. The van der Waals surface area contributed by atoms with Crippen LogP contribution in [-0.4, -0.2) is 31.6 Å². The molecule has 2 heterocycles. The topological polar surface area (TPSA) is 72.7 Å². The molecule has 0 saturated heterocycles. The fourth-order valence-corrected chi connectivity index (χ4v) is 3.50. The predicted octanol–water partition coefficient (Wildman–Crippen LogP) is 4.05. The van der Waals surface area contributed by atoms with E-state index in [1.54, 1.807) is 10.9 Å². The summed E-state index contributed by atoms with van der Waals surface area (Å²) in [5, 5.41) is 16.4. The molecule has 0 saturated carbocycles. The standard InChI is InChI=1S/C23H21N5OS/c1-17-3-5-18(6-4-17)15-24-22(29)16-30-23-12-11-21(26-27-23)19-7-9-20(10-8-19)28-14-2-13-25-28/h2-14H,15-16H2,1H3,(H,24,29). The second-order valence-corrected chi connectivity index (χ2v) is 7.80. The van der Waals surface area contributed by atoms with Gasteiger partial charge in [-0.1, -0.05) is 53.7 Å². The van der Waals surface area contributed by atoms with Gasteiger partial charge in [0, 0.05) is 24.5 Å². The molecular formula is C23H21N5OS. The number of rotatable bonds is 7. The highest BCUT2D eigenvalue weighted by atomic mass is 32.2. The number of aromatic nitrogens is 4. The fraction of sp³-hybridized carbons (Fsp3) is 0.130. The monoisotopic (exact) mass is 415 g/mol. The summed E-state index contributed by atoms with van der Waals surface area (Å²) in [6.07, 6.45) is 3.65. The van der Waals surface area contributed by atoms with Crippen molar-refractivity contribution in [2.24, 2.45) is 0 Å². The Morgan fingerprint density at radius 2 is 1.80 bits per heavy atom. The lowest BCUT2D eigenvalue weighted by Crippen LogP contribution is -2.24. The number of thioether (sulfide) groups is 1. The third-order valence-electron chi connectivity index (χ3n) is 4.53. The molecule has 0 aliphatic heterocycles. The van der Waals surface area contributed by atoms with Gasteiger partial charge in [-0.3, -0.25) is 4.79 Å². The largest absolute Gasteiger partial charge is 0.351 e. The normalized spacial score (nSPS) is 10.7. The van der Waals surface area contributed by atoms with Gasteiger partial charge in [0.25, 0.3) is 0 Å². The van der Waals surface area contributed by atoms with E-state index in [9.17, 15) is 4.79 Å². The summed E-state index contributed by atoms with van der Waals surface area (Å²) in [5.41, 5.74) is 5.04. The maximum Gasteiger partial charge on any atom is 0.230 e. The summed E-state index contributed by atoms with van der Waals surface area (Å²) in [4.78, 5) is 12.1. The van der Waals surface area contributed by atoms with Crippen LogP contribution in [0.4, 0.5) is 0 Å². The van der Waals surface area contributed by atoms with Crippen molar-refractivity contribution >= 4 is 17.7 Å². The Bertz CT molecular complexity index is 1090. The highest BCUT2D eigenvalue weighted by molar-refractivity contribution is 7.99. The van der Waals surface area contributed by atoms with Crippen LogP contribution >= 0.6 is 11.8 Å². The van der Waals surface area contributed by atoms with E-state index < -0.39 is 0 Å². The molecule has 0 unspecified atom stereocenters. The molecule has 4 aromatic rings. The molecule has 0 bridgehead atoms. The third kappa shape index (κ3) is 5.12. The summed E-state index contributed by atoms with van der Waals surface area (Å²) in [6, 6.07) is 21.8. The Labute approximate surface area is 179 Å². The Hall–Kier alpha value is -3.45. The molecule has 0 spiro atoms. The van der Waals surface area contributed by atoms with Crippen molar-refractivity contribution in [2.75, 3.05) is 5.75 Å². The van der Waals surface area contributed by atoms with Crippen molar-refractivity contribution in [1.82, 2.24) is 25.3 Å². The van der Waals surface area contributed by atoms with E-state index >= 15 is 0 Å². The van der Waals surface area contributed by atoms with Gasteiger partial charge >= 0.3 is 0 Å². The van der Waals surface area contributed by atoms with Crippen LogP contribution in [0.5, 0.6) is 0 Å². The van der Waals surface area contributed by atoms with Crippen LogP contribution in [0.2, 0.25) is 0 Å². The zero-order chi connectivity index (χ0) is 20.8. The first-order chi connectivity index (χ1) is 14.7. The molecule has 0 aliphatic rings. The van der Waals surface area contributed by atoms with E-state index in [0.717, 1.165) is 27.5 Å². The van der Waals surface area contributed by atoms with Crippen LogP contribution in [0.25, 0.3) is 16.9 Å². The SMILES string of the molecule is Cc1ccc(CNC(=O)CSc2ccc(-c3ccc(-n4cccn4)cc3)nn2)cc1. The highest BCUT2D eigenvalue weighted by Gasteiger charge is 2.06. The summed E-state index contributed by atoms with van der Waals surface area (Å²) in [5.74, 6) is 0.277. The summed E-state index contributed by atoms with van der Waals surface area (Å²) >= 11 is 1.37. The Balaban J connectivity index is 1.29. The van der Waals surface area contributed by atoms with Gasteiger partial charge in [0.1, 0.15) is 5.03 Å². The van der Waals surface area contributed by atoms with E-state index in [4.69, 9.17) is 0 Å². The molecule has 0 atom stereocenters. The van der Waals surface area contributed by atoms with Gasteiger partial charge in [0.05, 0.1) is 17.1 Å². The Morgan fingerprint density at radius 1 is 1.00 bits per heavy atom. The van der Waals surface area contributed by atoms with Gasteiger partial charge in [-0.15, -0.1) is 10.2 Å². The lowest BCUT2D eigenvalue weighted by atomic mass is 10.1. The van der Waals surface area contributed by atoms with Gasteiger partial charge in [-0.25, -0.2) is 4.68 Å². The molecule has 2 aromatic heterocycles. The van der Waals surface area contributed by atoms with Crippen molar-refractivity contribution in [1.29, 1.82) is 0 Å². The van der Waals surface area contributed by atoms with Gasteiger partial charge < -0.3 is 5.32 Å². The first kappa shape index (κ1) is 19.8. The Morgan fingerprint density at radius 3 is 2.47 bits per heavy atom. The highest BCUT2D eigenvalue weighted by Crippen LogP contribution is 2.21. The second kappa shape index (κ2) is 9.37. The van der Waals surface area contributed by atoms with Gasteiger partial charge in [0.15, 0.2) is 0 Å². The van der Waals surface area contributed by atoms with Crippen LogP contribution < -0.4 is 5.32 Å². The molecule has 150 valence electrons. The molecular weight excluding hydrogens is 394 g/mol. The number of carbonyl (C=O) groups is 1. The molecule has 0 aliphatic carbocycles. The number of carbonyl (C=O) groups excluding carboxylic acids is 1. The smallest absolute Gasteiger partial charge is 0.230 e. The van der Waals surface area contributed by atoms with Crippen LogP contribution in [0.1, 0.15) is 11.1 Å². The van der Waals surface area contributed by atoms with E-state index in [1.807, 2.05) is 79.9 Å². The first-order valence-corrected chi connectivity index (χ1v) is 10.6. The van der Waals surface area contributed by atoms with Crippen LogP contribution in [0, 0.1) is 6.92 Å². The zero-order valence-electron chi connectivity index (χ0n) is 16.5. The molecule has 1 N–H and O–H groups in total. The number of amides is 1. The molecule has 7 heteroatoms. The van der Waals surface area contributed by atoms with Crippen molar-refractivity contribution in [3.05, 3.63) is 90.3 Å². The van der Waals surface area contributed by atoms with Crippen LogP contribution in [0.15, 0.2) is 84.1 Å². The number of nitrogens with one attached hydrogen (secondary N) is 1. The number of benzene rings is 2. The van der Waals surface area contributed by atoms with Gasteiger partial charge in [0.2, 0.25) is 5.91 Å². The molecule has 6 nitrogen and oxygen atoms in total.